The van der Waals surface area contributed by atoms with E-state index in [0.717, 1.165) is 33.5 Å². The Morgan fingerprint density at radius 3 is 2.48 bits per heavy atom. The molecule has 0 aliphatic carbocycles. The smallest absolute Gasteiger partial charge is 0.294 e. The van der Waals surface area contributed by atoms with E-state index in [0.29, 0.717) is 5.69 Å². The molecule has 0 atom stereocenters. The topological polar surface area (TPSA) is 75.7 Å². The molecule has 1 aliphatic rings. The number of carbonyl (C=O) groups excluding carboxylic acids is 3. The summed E-state index contributed by atoms with van der Waals surface area (Å²) in [6.45, 7) is 5.44. The molecule has 0 unspecified atom stereocenters. The fourth-order valence-corrected chi connectivity index (χ4v) is 3.59. The van der Waals surface area contributed by atoms with Gasteiger partial charge in [0.1, 0.15) is 12.3 Å². The third-order valence-electron chi connectivity index (χ3n) is 4.14. The van der Waals surface area contributed by atoms with Gasteiger partial charge in [0, 0.05) is 5.69 Å². The second-order valence-corrected chi connectivity index (χ2v) is 7.86. The minimum absolute atomic E-state index is 0.0724. The van der Waals surface area contributed by atoms with Crippen LogP contribution in [0, 0.1) is 6.92 Å². The molecule has 0 radical (unpaired) electrons. The van der Waals surface area contributed by atoms with Crippen molar-refractivity contribution < 1.29 is 19.1 Å². The van der Waals surface area contributed by atoms with Crippen LogP contribution in [0.5, 0.6) is 5.75 Å². The van der Waals surface area contributed by atoms with Crippen LogP contribution in [-0.2, 0) is 9.59 Å². The zero-order valence-corrected chi connectivity index (χ0v) is 17.3. The molecule has 2 aromatic rings. The number of ether oxygens (including phenoxy) is 1. The summed E-state index contributed by atoms with van der Waals surface area (Å²) in [4.78, 5) is 38.4. The summed E-state index contributed by atoms with van der Waals surface area (Å²) in [5.41, 5.74) is 2.33. The van der Waals surface area contributed by atoms with Crippen molar-refractivity contribution in [2.75, 3.05) is 11.9 Å². The minimum Gasteiger partial charge on any atom is -0.491 e. The summed E-state index contributed by atoms with van der Waals surface area (Å²) in [5, 5.41) is 2.28. The van der Waals surface area contributed by atoms with Crippen LogP contribution in [0.4, 0.5) is 10.5 Å². The SMILES string of the molecule is Cc1ccccc1NC(=O)CN1C(=O)S/C(=C/c2ccc(OC(C)C)cc2)C1=O. The number of nitrogens with one attached hydrogen (secondary N) is 1. The van der Waals surface area contributed by atoms with Crippen molar-refractivity contribution in [3.05, 3.63) is 64.6 Å². The standard InChI is InChI=1S/C22H22N2O4S/c1-14(2)28-17-10-8-16(9-11-17)12-19-21(26)24(22(27)29-19)13-20(25)23-18-7-5-4-6-15(18)3/h4-12,14H,13H2,1-3H3,(H,23,25)/b19-12+. The van der Waals surface area contributed by atoms with E-state index in [1.165, 1.54) is 0 Å². The molecule has 0 bridgehead atoms. The number of carbonyl (C=O) groups is 3. The van der Waals surface area contributed by atoms with Crippen molar-refractivity contribution in [2.45, 2.75) is 26.9 Å². The summed E-state index contributed by atoms with van der Waals surface area (Å²) in [7, 11) is 0. The maximum Gasteiger partial charge on any atom is 0.294 e. The summed E-state index contributed by atoms with van der Waals surface area (Å²) in [6.07, 6.45) is 1.71. The predicted molar refractivity (Wildman–Crippen MR) is 115 cm³/mol. The highest BCUT2D eigenvalue weighted by molar-refractivity contribution is 8.18. The minimum atomic E-state index is -0.470. The average Bonchev–Trinajstić information content (AvgIpc) is 2.92. The van der Waals surface area contributed by atoms with Crippen molar-refractivity contribution in [3.8, 4) is 5.75 Å². The lowest BCUT2D eigenvalue weighted by atomic mass is 10.2. The lowest BCUT2D eigenvalue weighted by Crippen LogP contribution is -2.36. The number of benzene rings is 2. The average molecular weight is 410 g/mol. The Morgan fingerprint density at radius 2 is 1.83 bits per heavy atom. The second kappa shape index (κ2) is 8.96. The van der Waals surface area contributed by atoms with Gasteiger partial charge in [-0.1, -0.05) is 30.3 Å². The van der Waals surface area contributed by atoms with Crippen LogP contribution >= 0.6 is 11.8 Å². The van der Waals surface area contributed by atoms with Crippen molar-refractivity contribution in [2.24, 2.45) is 0 Å². The fourth-order valence-electron chi connectivity index (χ4n) is 2.75. The van der Waals surface area contributed by atoms with E-state index in [4.69, 9.17) is 4.74 Å². The van der Waals surface area contributed by atoms with Gasteiger partial charge in [0.2, 0.25) is 5.91 Å². The van der Waals surface area contributed by atoms with Crippen LogP contribution in [0.25, 0.3) is 6.08 Å². The van der Waals surface area contributed by atoms with Crippen molar-refractivity contribution in [1.82, 2.24) is 4.90 Å². The summed E-state index contributed by atoms with van der Waals surface area (Å²) < 4.78 is 5.60. The first kappa shape index (κ1) is 20.7. The van der Waals surface area contributed by atoms with Gasteiger partial charge in [0.15, 0.2) is 0 Å². The Kier molecular flexibility index (Phi) is 6.39. The number of para-hydroxylation sites is 1. The van der Waals surface area contributed by atoms with Gasteiger partial charge in [0.25, 0.3) is 11.1 Å². The van der Waals surface area contributed by atoms with Gasteiger partial charge in [-0.3, -0.25) is 19.3 Å². The molecule has 1 N–H and O–H groups in total. The number of rotatable bonds is 6. The van der Waals surface area contributed by atoms with Crippen LogP contribution in [0.1, 0.15) is 25.0 Å². The van der Waals surface area contributed by atoms with E-state index < -0.39 is 17.1 Å². The number of hydrogen-bond donors (Lipinski definition) is 1. The third kappa shape index (κ3) is 5.26. The molecular weight excluding hydrogens is 388 g/mol. The van der Waals surface area contributed by atoms with Gasteiger partial charge in [-0.15, -0.1) is 0 Å². The lowest BCUT2D eigenvalue weighted by molar-refractivity contribution is -0.127. The van der Waals surface area contributed by atoms with Gasteiger partial charge in [-0.25, -0.2) is 0 Å². The number of imide groups is 1. The van der Waals surface area contributed by atoms with Crippen LogP contribution in [0.2, 0.25) is 0 Å². The van der Waals surface area contributed by atoms with Crippen molar-refractivity contribution in [3.63, 3.8) is 0 Å². The number of aryl methyl sites for hydroxylation is 1. The molecule has 1 aliphatic heterocycles. The highest BCUT2D eigenvalue weighted by Gasteiger charge is 2.36. The molecule has 6 nitrogen and oxygen atoms in total. The zero-order valence-electron chi connectivity index (χ0n) is 16.5. The molecule has 1 fully saturated rings. The zero-order chi connectivity index (χ0) is 21.0. The van der Waals surface area contributed by atoms with E-state index in [-0.39, 0.29) is 17.6 Å². The quantitative estimate of drug-likeness (QED) is 0.712. The summed E-state index contributed by atoms with van der Waals surface area (Å²) in [6, 6.07) is 14.6. The highest BCUT2D eigenvalue weighted by atomic mass is 32.2. The van der Waals surface area contributed by atoms with Crippen molar-refractivity contribution >= 4 is 40.6 Å². The van der Waals surface area contributed by atoms with E-state index in [1.807, 2.05) is 63.2 Å². The molecule has 0 spiro atoms. The second-order valence-electron chi connectivity index (χ2n) is 6.87. The van der Waals surface area contributed by atoms with Crippen LogP contribution in [0.15, 0.2) is 53.4 Å². The van der Waals surface area contributed by atoms with E-state index in [9.17, 15) is 14.4 Å². The van der Waals surface area contributed by atoms with Crippen LogP contribution in [-0.4, -0.2) is 34.6 Å². The van der Waals surface area contributed by atoms with E-state index >= 15 is 0 Å². The number of anilines is 1. The number of hydrogen-bond acceptors (Lipinski definition) is 5. The Morgan fingerprint density at radius 1 is 1.14 bits per heavy atom. The first-order chi connectivity index (χ1) is 13.8. The van der Waals surface area contributed by atoms with E-state index in [2.05, 4.69) is 5.32 Å². The molecule has 3 amide bonds. The Labute approximate surface area is 173 Å². The number of nitrogens with zero attached hydrogens (tertiary/aromatic N) is 1. The molecular formula is C22H22N2O4S. The first-order valence-electron chi connectivity index (χ1n) is 9.21. The van der Waals surface area contributed by atoms with Gasteiger partial charge < -0.3 is 10.1 Å². The van der Waals surface area contributed by atoms with Gasteiger partial charge in [-0.2, -0.15) is 0 Å². The molecule has 0 aromatic heterocycles. The molecule has 2 aromatic carbocycles. The van der Waals surface area contributed by atoms with Crippen LogP contribution in [0.3, 0.4) is 0 Å². The lowest BCUT2D eigenvalue weighted by Gasteiger charge is -2.13. The highest BCUT2D eigenvalue weighted by Crippen LogP contribution is 2.32. The molecule has 150 valence electrons. The predicted octanol–water partition coefficient (Wildman–Crippen LogP) is 4.46. The molecule has 1 saturated heterocycles. The first-order valence-corrected chi connectivity index (χ1v) is 10.0. The molecule has 7 heteroatoms. The van der Waals surface area contributed by atoms with Gasteiger partial charge >= 0.3 is 0 Å². The third-order valence-corrected chi connectivity index (χ3v) is 5.05. The molecule has 3 rings (SSSR count). The van der Waals surface area contributed by atoms with Gasteiger partial charge in [-0.05, 0) is 67.9 Å². The Hall–Kier alpha value is -3.06. The Bertz CT molecular complexity index is 967. The van der Waals surface area contributed by atoms with Gasteiger partial charge in [0.05, 0.1) is 11.0 Å². The van der Waals surface area contributed by atoms with Crippen molar-refractivity contribution in [1.29, 1.82) is 0 Å². The number of amides is 3. The summed E-state index contributed by atoms with van der Waals surface area (Å²) in [5.74, 6) is -0.154. The van der Waals surface area contributed by atoms with Crippen LogP contribution < -0.4 is 10.1 Å². The number of thioether (sulfide) groups is 1. The molecule has 1 heterocycles. The van der Waals surface area contributed by atoms with E-state index in [1.54, 1.807) is 12.1 Å². The summed E-state index contributed by atoms with van der Waals surface area (Å²) >= 11 is 0.830. The normalized spacial score (nSPS) is 15.3. The molecule has 0 saturated carbocycles. The maximum atomic E-state index is 12.6. The Balaban J connectivity index is 1.66. The fraction of sp³-hybridized carbons (Fsp3) is 0.227. The largest absolute Gasteiger partial charge is 0.491 e. The molecule has 29 heavy (non-hydrogen) atoms. The monoisotopic (exact) mass is 410 g/mol. The maximum absolute atomic E-state index is 12.6.